The van der Waals surface area contributed by atoms with Crippen molar-refractivity contribution in [1.29, 1.82) is 0 Å². The molecular weight excluding hydrogens is 507 g/mol. The van der Waals surface area contributed by atoms with Gasteiger partial charge in [0.05, 0.1) is 6.54 Å². The Morgan fingerprint density at radius 2 is 1.79 bits per heavy atom. The van der Waals surface area contributed by atoms with Crippen LogP contribution in [0, 0.1) is 0 Å². The normalized spacial score (nSPS) is 17.2. The van der Waals surface area contributed by atoms with Crippen LogP contribution in [0.4, 0.5) is 0 Å². The number of halogens is 2. The highest BCUT2D eigenvalue weighted by Crippen LogP contribution is 2.13. The van der Waals surface area contributed by atoms with E-state index >= 15 is 0 Å². The van der Waals surface area contributed by atoms with E-state index < -0.39 is 10.8 Å². The van der Waals surface area contributed by atoms with E-state index in [1.165, 1.54) is 5.56 Å². The Bertz CT molecular complexity index is 641. The number of aliphatic imine (C=N–C) groups is 1. The van der Waals surface area contributed by atoms with E-state index in [2.05, 4.69) is 34.2 Å². The van der Waals surface area contributed by atoms with Gasteiger partial charge in [-0.1, -0.05) is 23.7 Å². The Morgan fingerprint density at radius 3 is 2.32 bits per heavy atom. The Morgan fingerprint density at radius 1 is 1.18 bits per heavy atom. The van der Waals surface area contributed by atoms with Crippen molar-refractivity contribution in [3.05, 3.63) is 34.9 Å². The highest BCUT2D eigenvalue weighted by Gasteiger charge is 2.21. The van der Waals surface area contributed by atoms with Crippen molar-refractivity contribution in [3.8, 4) is 0 Å². The smallest absolute Gasteiger partial charge is 0.194 e. The average Bonchev–Trinajstić information content (AvgIpc) is 2.63. The molecule has 0 amide bonds. The fourth-order valence-corrected chi connectivity index (χ4v) is 3.93. The molecule has 1 saturated heterocycles. The van der Waals surface area contributed by atoms with E-state index in [-0.39, 0.29) is 28.7 Å². The van der Waals surface area contributed by atoms with Crippen LogP contribution in [0.2, 0.25) is 5.02 Å². The van der Waals surface area contributed by atoms with Crippen LogP contribution in [0.3, 0.4) is 0 Å². The molecule has 1 heterocycles. The second-order valence-electron chi connectivity index (χ2n) is 7.79. The standard InChI is InChI=1S/C20H33ClN4OS.HI/c1-5-22-19(23-10-15-27(26)20(2,3)4)25-13-11-24(12-14-25)16-17-6-8-18(21)9-7-17;/h6-9H,5,10-16H2,1-4H3,(H,22,23);1H. The van der Waals surface area contributed by atoms with Gasteiger partial charge in [0.1, 0.15) is 0 Å². The number of nitrogens with zero attached hydrogens (tertiary/aromatic N) is 3. The first-order valence-corrected chi connectivity index (χ1v) is 11.4. The topological polar surface area (TPSA) is 47.9 Å². The van der Waals surface area contributed by atoms with Crippen molar-refractivity contribution in [3.63, 3.8) is 0 Å². The first-order chi connectivity index (χ1) is 12.8. The number of benzene rings is 1. The van der Waals surface area contributed by atoms with Crippen LogP contribution in [0.25, 0.3) is 0 Å². The van der Waals surface area contributed by atoms with Gasteiger partial charge in [-0.15, -0.1) is 24.0 Å². The highest BCUT2D eigenvalue weighted by molar-refractivity contribution is 14.0. The Labute approximate surface area is 194 Å². The molecule has 1 aliphatic rings. The summed E-state index contributed by atoms with van der Waals surface area (Å²) in [6.07, 6.45) is 0. The molecule has 1 aromatic rings. The first kappa shape index (κ1) is 25.7. The summed E-state index contributed by atoms with van der Waals surface area (Å²) in [5.41, 5.74) is 1.29. The number of guanidine groups is 1. The Balaban J connectivity index is 0.00000392. The molecule has 8 heteroatoms. The summed E-state index contributed by atoms with van der Waals surface area (Å²) in [5, 5.41) is 4.16. The lowest BCUT2D eigenvalue weighted by atomic mass is 10.2. The summed E-state index contributed by atoms with van der Waals surface area (Å²) in [4.78, 5) is 9.48. The minimum absolute atomic E-state index is 0. The second kappa shape index (κ2) is 12.3. The molecule has 0 aromatic heterocycles. The van der Waals surface area contributed by atoms with Crippen molar-refractivity contribution < 1.29 is 4.21 Å². The van der Waals surface area contributed by atoms with Gasteiger partial charge in [-0.05, 0) is 45.4 Å². The lowest BCUT2D eigenvalue weighted by molar-refractivity contribution is 0.172. The molecule has 1 unspecified atom stereocenters. The summed E-state index contributed by atoms with van der Waals surface area (Å²) in [6, 6.07) is 8.08. The molecule has 1 fully saturated rings. The van der Waals surface area contributed by atoms with E-state index in [0.29, 0.717) is 12.3 Å². The molecule has 2 rings (SSSR count). The minimum atomic E-state index is -0.864. The summed E-state index contributed by atoms with van der Waals surface area (Å²) in [6.45, 7) is 14.4. The number of piperazine rings is 1. The number of hydrogen-bond donors (Lipinski definition) is 1. The summed E-state index contributed by atoms with van der Waals surface area (Å²) in [7, 11) is -0.864. The lowest BCUT2D eigenvalue weighted by Gasteiger charge is -2.36. The maximum absolute atomic E-state index is 12.2. The van der Waals surface area contributed by atoms with Crippen molar-refractivity contribution in [2.45, 2.75) is 39.0 Å². The van der Waals surface area contributed by atoms with Gasteiger partial charge in [0.2, 0.25) is 0 Å². The molecule has 0 bridgehead atoms. The number of nitrogens with one attached hydrogen (secondary N) is 1. The quantitative estimate of drug-likeness (QED) is 0.340. The fraction of sp³-hybridized carbons (Fsp3) is 0.650. The molecule has 160 valence electrons. The van der Waals surface area contributed by atoms with Crippen molar-refractivity contribution in [1.82, 2.24) is 15.1 Å². The zero-order valence-electron chi connectivity index (χ0n) is 17.4. The predicted molar refractivity (Wildman–Crippen MR) is 132 cm³/mol. The van der Waals surface area contributed by atoms with Gasteiger partial charge in [-0.2, -0.15) is 0 Å². The molecule has 0 saturated carbocycles. The molecule has 0 radical (unpaired) electrons. The van der Waals surface area contributed by atoms with Gasteiger partial charge >= 0.3 is 0 Å². The van der Waals surface area contributed by atoms with Crippen LogP contribution in [0.5, 0.6) is 0 Å². The van der Waals surface area contributed by atoms with Gasteiger partial charge in [-0.3, -0.25) is 14.1 Å². The van der Waals surface area contributed by atoms with E-state index in [1.54, 1.807) is 0 Å². The van der Waals surface area contributed by atoms with Crippen LogP contribution >= 0.6 is 35.6 Å². The van der Waals surface area contributed by atoms with Crippen LogP contribution in [0.1, 0.15) is 33.3 Å². The molecule has 0 aliphatic carbocycles. The van der Waals surface area contributed by atoms with Crippen LogP contribution in [-0.2, 0) is 17.3 Å². The third-order valence-corrected chi connectivity index (χ3v) is 6.72. The van der Waals surface area contributed by atoms with Gasteiger partial charge in [0.15, 0.2) is 5.96 Å². The van der Waals surface area contributed by atoms with Crippen LogP contribution in [0.15, 0.2) is 29.3 Å². The zero-order valence-corrected chi connectivity index (χ0v) is 21.3. The summed E-state index contributed by atoms with van der Waals surface area (Å²) in [5.74, 6) is 1.55. The lowest BCUT2D eigenvalue weighted by Crippen LogP contribution is -2.52. The molecule has 0 spiro atoms. The maximum Gasteiger partial charge on any atom is 0.194 e. The van der Waals surface area contributed by atoms with E-state index in [0.717, 1.165) is 50.3 Å². The van der Waals surface area contributed by atoms with Crippen molar-refractivity contribution in [2.75, 3.05) is 45.0 Å². The molecule has 1 aliphatic heterocycles. The van der Waals surface area contributed by atoms with Crippen LogP contribution in [-0.4, -0.2) is 69.7 Å². The molecular formula is C20H34ClIN4OS. The van der Waals surface area contributed by atoms with Crippen LogP contribution < -0.4 is 5.32 Å². The third-order valence-electron chi connectivity index (χ3n) is 4.55. The first-order valence-electron chi connectivity index (χ1n) is 9.68. The van der Waals surface area contributed by atoms with Gasteiger partial charge in [-0.25, -0.2) is 0 Å². The third kappa shape index (κ3) is 8.55. The van der Waals surface area contributed by atoms with E-state index in [9.17, 15) is 4.21 Å². The van der Waals surface area contributed by atoms with Crippen molar-refractivity contribution >= 4 is 52.3 Å². The summed E-state index contributed by atoms with van der Waals surface area (Å²) < 4.78 is 12.0. The molecule has 1 atom stereocenters. The molecule has 28 heavy (non-hydrogen) atoms. The monoisotopic (exact) mass is 540 g/mol. The molecule has 1 aromatic carbocycles. The fourth-order valence-electron chi connectivity index (χ4n) is 2.93. The average molecular weight is 541 g/mol. The maximum atomic E-state index is 12.2. The minimum Gasteiger partial charge on any atom is -0.357 e. The van der Waals surface area contributed by atoms with Gasteiger partial charge < -0.3 is 10.2 Å². The predicted octanol–water partition coefficient (Wildman–Crippen LogP) is 3.59. The van der Waals surface area contributed by atoms with Gasteiger partial charge in [0, 0.05) is 65.6 Å². The molecule has 1 N–H and O–H groups in total. The highest BCUT2D eigenvalue weighted by atomic mass is 127. The van der Waals surface area contributed by atoms with Crippen molar-refractivity contribution in [2.24, 2.45) is 4.99 Å². The van der Waals surface area contributed by atoms with E-state index in [1.807, 2.05) is 32.9 Å². The number of hydrogen-bond acceptors (Lipinski definition) is 3. The number of rotatable bonds is 6. The largest absolute Gasteiger partial charge is 0.357 e. The SMILES string of the molecule is CCNC(=NCCS(=O)C(C)(C)C)N1CCN(Cc2ccc(Cl)cc2)CC1.I. The molecule has 5 nitrogen and oxygen atoms in total. The summed E-state index contributed by atoms with van der Waals surface area (Å²) >= 11 is 5.96. The Kier molecular flexibility index (Phi) is 11.3. The van der Waals surface area contributed by atoms with Gasteiger partial charge in [0.25, 0.3) is 0 Å². The second-order valence-corrected chi connectivity index (χ2v) is 10.5. The Hall–Kier alpha value is -0.380. The van der Waals surface area contributed by atoms with E-state index in [4.69, 9.17) is 16.6 Å². The zero-order chi connectivity index (χ0) is 19.9.